The molecule has 0 aromatic heterocycles. The van der Waals surface area contributed by atoms with E-state index in [4.69, 9.17) is 11.6 Å². The van der Waals surface area contributed by atoms with Crippen LogP contribution in [0.25, 0.3) is 10.8 Å². The molecule has 0 aliphatic heterocycles. The van der Waals surface area contributed by atoms with Crippen LogP contribution in [-0.4, -0.2) is 12.4 Å². The molecule has 2 atom stereocenters. The second kappa shape index (κ2) is 7.29. The minimum Gasteiger partial charge on any atom is -0.312 e. The second-order valence-electron chi connectivity index (χ2n) is 6.23. The molecule has 2 aromatic rings. The van der Waals surface area contributed by atoms with E-state index in [2.05, 4.69) is 47.8 Å². The van der Waals surface area contributed by atoms with Crippen molar-refractivity contribution in [2.45, 2.75) is 32.2 Å². The third-order valence-electron chi connectivity index (χ3n) is 4.87. The number of alkyl halides is 1. The molecule has 1 saturated carbocycles. The van der Waals surface area contributed by atoms with Gasteiger partial charge in [0, 0.05) is 12.4 Å². The van der Waals surface area contributed by atoms with Crippen molar-refractivity contribution in [1.82, 2.24) is 5.32 Å². The van der Waals surface area contributed by atoms with Gasteiger partial charge in [-0.1, -0.05) is 55.3 Å². The first-order chi connectivity index (χ1) is 10.4. The predicted octanol–water partition coefficient (Wildman–Crippen LogP) is 4.97. The van der Waals surface area contributed by atoms with E-state index in [9.17, 15) is 0 Å². The molecule has 0 bridgehead atoms. The second-order valence-corrected chi connectivity index (χ2v) is 6.54. The largest absolute Gasteiger partial charge is 0.312 e. The Morgan fingerprint density at radius 2 is 1.71 bits per heavy atom. The highest BCUT2D eigenvalue weighted by Gasteiger charge is 2.23. The third-order valence-corrected chi connectivity index (χ3v) is 5.26. The Hall–Kier alpha value is -1.05. The van der Waals surface area contributed by atoms with E-state index in [1.165, 1.54) is 42.0 Å². The van der Waals surface area contributed by atoms with Crippen molar-refractivity contribution in [1.29, 1.82) is 0 Å². The quantitative estimate of drug-likeness (QED) is 0.768. The van der Waals surface area contributed by atoms with E-state index in [0.29, 0.717) is 5.92 Å². The maximum atomic E-state index is 6.12. The van der Waals surface area contributed by atoms with Crippen LogP contribution in [0.4, 0.5) is 0 Å². The summed E-state index contributed by atoms with van der Waals surface area (Å²) in [6.07, 6.45) is 5.37. The first-order valence-electron chi connectivity index (χ1n) is 8.12. The first-order valence-corrected chi connectivity index (χ1v) is 8.65. The Labute approximate surface area is 132 Å². The zero-order chi connectivity index (χ0) is 14.5. The summed E-state index contributed by atoms with van der Waals surface area (Å²) in [5, 5.41) is 6.36. The molecule has 2 heteroatoms. The van der Waals surface area contributed by atoms with Gasteiger partial charge in [-0.05, 0) is 47.6 Å². The van der Waals surface area contributed by atoms with Crippen LogP contribution in [0.1, 0.15) is 31.2 Å². The SMILES string of the molecule is ClCC1CCCCC1CNCc1cccc2ccccc12. The summed E-state index contributed by atoms with van der Waals surface area (Å²) < 4.78 is 0. The Balaban J connectivity index is 1.61. The summed E-state index contributed by atoms with van der Waals surface area (Å²) >= 11 is 6.12. The van der Waals surface area contributed by atoms with E-state index in [1.807, 2.05) is 0 Å². The van der Waals surface area contributed by atoms with E-state index >= 15 is 0 Å². The average molecular weight is 302 g/mol. The maximum absolute atomic E-state index is 6.12. The fraction of sp³-hybridized carbons (Fsp3) is 0.474. The van der Waals surface area contributed by atoms with Gasteiger partial charge in [-0.15, -0.1) is 11.6 Å². The van der Waals surface area contributed by atoms with Crippen LogP contribution < -0.4 is 5.32 Å². The standard InChI is InChI=1S/C19H24ClN/c20-12-16-7-1-2-8-17(16)13-21-14-18-10-5-9-15-6-3-4-11-19(15)18/h3-6,9-11,16-17,21H,1-2,7-8,12-14H2. The third kappa shape index (κ3) is 3.59. The Morgan fingerprint density at radius 3 is 2.57 bits per heavy atom. The molecule has 1 fully saturated rings. The zero-order valence-electron chi connectivity index (χ0n) is 12.5. The number of hydrogen-bond donors (Lipinski definition) is 1. The molecule has 1 aliphatic rings. The molecule has 1 nitrogen and oxygen atoms in total. The summed E-state index contributed by atoms with van der Waals surface area (Å²) in [7, 11) is 0. The molecule has 1 N–H and O–H groups in total. The van der Waals surface area contributed by atoms with Crippen LogP contribution in [0.2, 0.25) is 0 Å². The van der Waals surface area contributed by atoms with E-state index in [1.54, 1.807) is 0 Å². The number of hydrogen-bond acceptors (Lipinski definition) is 1. The lowest BCUT2D eigenvalue weighted by molar-refractivity contribution is 0.251. The minimum atomic E-state index is 0.709. The molecule has 112 valence electrons. The molecule has 0 heterocycles. The van der Waals surface area contributed by atoms with Crippen molar-refractivity contribution in [3.63, 3.8) is 0 Å². The molecular weight excluding hydrogens is 278 g/mol. The van der Waals surface area contributed by atoms with Gasteiger partial charge in [0.25, 0.3) is 0 Å². The van der Waals surface area contributed by atoms with Gasteiger partial charge in [-0.3, -0.25) is 0 Å². The lowest BCUT2D eigenvalue weighted by Gasteiger charge is -2.30. The van der Waals surface area contributed by atoms with Crippen LogP contribution in [-0.2, 0) is 6.54 Å². The Kier molecular flexibility index (Phi) is 5.16. The fourth-order valence-electron chi connectivity index (χ4n) is 3.60. The van der Waals surface area contributed by atoms with Crippen molar-refractivity contribution in [2.75, 3.05) is 12.4 Å². The zero-order valence-corrected chi connectivity index (χ0v) is 13.3. The molecule has 0 saturated heterocycles. The van der Waals surface area contributed by atoms with Gasteiger partial charge in [-0.25, -0.2) is 0 Å². The number of halogens is 1. The topological polar surface area (TPSA) is 12.0 Å². The van der Waals surface area contributed by atoms with Crippen LogP contribution >= 0.6 is 11.6 Å². The molecular formula is C19H24ClN. The van der Waals surface area contributed by atoms with Gasteiger partial charge in [0.05, 0.1) is 0 Å². The van der Waals surface area contributed by atoms with E-state index < -0.39 is 0 Å². The summed E-state index contributed by atoms with van der Waals surface area (Å²) in [5.41, 5.74) is 1.39. The Morgan fingerprint density at radius 1 is 0.952 bits per heavy atom. The molecule has 3 rings (SSSR count). The monoisotopic (exact) mass is 301 g/mol. The summed E-state index contributed by atoms with van der Waals surface area (Å²) in [6.45, 7) is 2.05. The van der Waals surface area contributed by atoms with Gasteiger partial charge in [-0.2, -0.15) is 0 Å². The van der Waals surface area contributed by atoms with Gasteiger partial charge in [0.2, 0.25) is 0 Å². The molecule has 2 aromatic carbocycles. The van der Waals surface area contributed by atoms with Gasteiger partial charge in [0.15, 0.2) is 0 Å². The number of fused-ring (bicyclic) bond motifs is 1. The molecule has 0 radical (unpaired) electrons. The summed E-state index contributed by atoms with van der Waals surface area (Å²) in [5.74, 6) is 2.28. The van der Waals surface area contributed by atoms with Gasteiger partial charge >= 0.3 is 0 Å². The lowest BCUT2D eigenvalue weighted by atomic mass is 9.80. The highest BCUT2D eigenvalue weighted by Crippen LogP contribution is 2.30. The average Bonchev–Trinajstić information content (AvgIpc) is 2.55. The molecule has 0 amide bonds. The van der Waals surface area contributed by atoms with Crippen molar-refractivity contribution >= 4 is 22.4 Å². The summed E-state index contributed by atoms with van der Waals surface area (Å²) in [6, 6.07) is 15.2. The van der Waals surface area contributed by atoms with E-state index in [-0.39, 0.29) is 0 Å². The van der Waals surface area contributed by atoms with Crippen LogP contribution in [0.15, 0.2) is 42.5 Å². The van der Waals surface area contributed by atoms with Crippen LogP contribution in [0.3, 0.4) is 0 Å². The Bertz CT molecular complexity index is 575. The molecule has 0 spiro atoms. The van der Waals surface area contributed by atoms with Crippen molar-refractivity contribution in [3.05, 3.63) is 48.0 Å². The number of rotatable bonds is 5. The smallest absolute Gasteiger partial charge is 0.0254 e. The van der Waals surface area contributed by atoms with Gasteiger partial charge < -0.3 is 5.32 Å². The van der Waals surface area contributed by atoms with Crippen LogP contribution in [0, 0.1) is 11.8 Å². The number of benzene rings is 2. The van der Waals surface area contributed by atoms with Crippen molar-refractivity contribution < 1.29 is 0 Å². The van der Waals surface area contributed by atoms with Gasteiger partial charge in [0.1, 0.15) is 0 Å². The predicted molar refractivity (Wildman–Crippen MR) is 91.8 cm³/mol. The highest BCUT2D eigenvalue weighted by molar-refractivity contribution is 6.18. The maximum Gasteiger partial charge on any atom is 0.0254 e. The fourth-order valence-corrected chi connectivity index (χ4v) is 4.00. The normalized spacial score (nSPS) is 22.5. The van der Waals surface area contributed by atoms with E-state index in [0.717, 1.165) is 24.9 Å². The molecule has 1 aliphatic carbocycles. The lowest BCUT2D eigenvalue weighted by Crippen LogP contribution is -2.31. The molecule has 21 heavy (non-hydrogen) atoms. The van der Waals surface area contributed by atoms with Crippen LogP contribution in [0.5, 0.6) is 0 Å². The highest BCUT2D eigenvalue weighted by atomic mass is 35.5. The first kappa shape index (κ1) is 14.9. The molecule has 2 unspecified atom stereocenters. The van der Waals surface area contributed by atoms with Crippen molar-refractivity contribution in [2.24, 2.45) is 11.8 Å². The van der Waals surface area contributed by atoms with Crippen molar-refractivity contribution in [3.8, 4) is 0 Å². The number of nitrogens with one attached hydrogen (secondary N) is 1. The minimum absolute atomic E-state index is 0.709. The summed E-state index contributed by atoms with van der Waals surface area (Å²) in [4.78, 5) is 0.